The third kappa shape index (κ3) is 3.56. The first-order chi connectivity index (χ1) is 8.12. The van der Waals surface area contributed by atoms with Crippen LogP contribution in [0, 0.1) is 12.8 Å². The van der Waals surface area contributed by atoms with Crippen molar-refractivity contribution in [2.75, 3.05) is 10.7 Å². The Morgan fingerprint density at radius 2 is 2.00 bits per heavy atom. The van der Waals surface area contributed by atoms with Crippen molar-refractivity contribution < 1.29 is 0 Å². The zero-order valence-electron chi connectivity index (χ0n) is 11.1. The molecule has 0 aliphatic heterocycles. The van der Waals surface area contributed by atoms with E-state index in [2.05, 4.69) is 41.5 Å². The predicted octanol–water partition coefficient (Wildman–Crippen LogP) is 2.31. The highest BCUT2D eigenvalue weighted by Gasteiger charge is 2.14. The van der Waals surface area contributed by atoms with Crippen molar-refractivity contribution in [2.24, 2.45) is 11.8 Å². The maximum absolute atomic E-state index is 5.31. The molecule has 1 heterocycles. The Hall–Kier alpha value is -1.36. The van der Waals surface area contributed by atoms with Gasteiger partial charge in [0, 0.05) is 17.8 Å². The van der Waals surface area contributed by atoms with Crippen molar-refractivity contribution >= 4 is 11.8 Å². The topological polar surface area (TPSA) is 75.9 Å². The summed E-state index contributed by atoms with van der Waals surface area (Å²) >= 11 is 0. The third-order valence-corrected chi connectivity index (χ3v) is 3.22. The molecule has 0 spiro atoms. The Balaban J connectivity index is 2.79. The van der Waals surface area contributed by atoms with E-state index in [-0.39, 0.29) is 0 Å². The van der Waals surface area contributed by atoms with E-state index in [1.165, 1.54) is 0 Å². The number of nitrogens with zero attached hydrogens (tertiary/aromatic N) is 2. The van der Waals surface area contributed by atoms with Gasteiger partial charge in [-0.05, 0) is 19.8 Å². The van der Waals surface area contributed by atoms with E-state index in [9.17, 15) is 0 Å². The van der Waals surface area contributed by atoms with Gasteiger partial charge in [-0.3, -0.25) is 5.43 Å². The zero-order chi connectivity index (χ0) is 12.8. The number of aryl methyl sites for hydroxylation is 1. The van der Waals surface area contributed by atoms with Crippen molar-refractivity contribution in [1.82, 2.24) is 9.97 Å². The van der Waals surface area contributed by atoms with Gasteiger partial charge in [0.1, 0.15) is 5.82 Å². The van der Waals surface area contributed by atoms with E-state index < -0.39 is 0 Å². The lowest BCUT2D eigenvalue weighted by Crippen LogP contribution is -2.26. The SMILES string of the molecule is CCC(CC)C(C)Nc1nc(NN)ncc1C. The average molecular weight is 237 g/mol. The molecule has 17 heavy (non-hydrogen) atoms. The maximum atomic E-state index is 5.31. The van der Waals surface area contributed by atoms with Gasteiger partial charge in [-0.2, -0.15) is 4.98 Å². The molecule has 0 aliphatic carbocycles. The van der Waals surface area contributed by atoms with Crippen LogP contribution in [0.4, 0.5) is 11.8 Å². The number of nitrogens with two attached hydrogens (primary N) is 1. The van der Waals surface area contributed by atoms with Crippen LogP contribution in [0.25, 0.3) is 0 Å². The van der Waals surface area contributed by atoms with Crippen LogP contribution in [0.1, 0.15) is 39.2 Å². The fraction of sp³-hybridized carbons (Fsp3) is 0.667. The molecule has 1 aromatic rings. The summed E-state index contributed by atoms with van der Waals surface area (Å²) in [6.07, 6.45) is 4.09. The van der Waals surface area contributed by atoms with Crippen LogP contribution in [0.15, 0.2) is 6.20 Å². The first kappa shape index (κ1) is 13.7. The molecule has 0 aliphatic rings. The molecule has 96 valence electrons. The quantitative estimate of drug-likeness (QED) is 0.523. The molecular formula is C12H23N5. The molecular weight excluding hydrogens is 214 g/mol. The van der Waals surface area contributed by atoms with Crippen LogP contribution in [0.5, 0.6) is 0 Å². The molecule has 1 unspecified atom stereocenters. The monoisotopic (exact) mass is 237 g/mol. The highest BCUT2D eigenvalue weighted by Crippen LogP contribution is 2.19. The van der Waals surface area contributed by atoms with Gasteiger partial charge in [-0.1, -0.05) is 26.7 Å². The summed E-state index contributed by atoms with van der Waals surface area (Å²) in [5.74, 6) is 7.25. The van der Waals surface area contributed by atoms with Gasteiger partial charge in [-0.25, -0.2) is 10.8 Å². The average Bonchev–Trinajstić information content (AvgIpc) is 2.33. The Labute approximate surface area is 103 Å². The Morgan fingerprint density at radius 1 is 1.35 bits per heavy atom. The van der Waals surface area contributed by atoms with Crippen LogP contribution in [-0.4, -0.2) is 16.0 Å². The summed E-state index contributed by atoms with van der Waals surface area (Å²) in [4.78, 5) is 8.39. The molecule has 5 heteroatoms. The van der Waals surface area contributed by atoms with Crippen molar-refractivity contribution in [3.8, 4) is 0 Å². The summed E-state index contributed by atoms with van der Waals surface area (Å²) < 4.78 is 0. The number of hydrazine groups is 1. The molecule has 1 rings (SSSR count). The number of nitrogens with one attached hydrogen (secondary N) is 2. The second kappa shape index (κ2) is 6.39. The Bertz CT molecular complexity index is 349. The van der Waals surface area contributed by atoms with Crippen LogP contribution < -0.4 is 16.6 Å². The van der Waals surface area contributed by atoms with E-state index >= 15 is 0 Å². The number of nitrogen functional groups attached to an aromatic ring is 1. The Kier molecular flexibility index (Phi) is 5.15. The molecule has 0 bridgehead atoms. The van der Waals surface area contributed by atoms with Crippen LogP contribution in [0.3, 0.4) is 0 Å². The Morgan fingerprint density at radius 3 is 2.53 bits per heavy atom. The van der Waals surface area contributed by atoms with Gasteiger partial charge in [-0.15, -0.1) is 0 Å². The van der Waals surface area contributed by atoms with E-state index in [1.807, 2.05) is 6.92 Å². The number of aromatic nitrogens is 2. The molecule has 5 nitrogen and oxygen atoms in total. The molecule has 4 N–H and O–H groups in total. The largest absolute Gasteiger partial charge is 0.367 e. The van der Waals surface area contributed by atoms with E-state index in [4.69, 9.17) is 5.84 Å². The number of anilines is 2. The highest BCUT2D eigenvalue weighted by atomic mass is 15.3. The molecule has 0 fully saturated rings. The fourth-order valence-corrected chi connectivity index (χ4v) is 1.99. The third-order valence-electron chi connectivity index (χ3n) is 3.22. The van der Waals surface area contributed by atoms with Gasteiger partial charge >= 0.3 is 0 Å². The summed E-state index contributed by atoms with van der Waals surface area (Å²) in [5, 5.41) is 3.44. The maximum Gasteiger partial charge on any atom is 0.239 e. The van der Waals surface area contributed by atoms with Gasteiger partial charge in [0.15, 0.2) is 0 Å². The summed E-state index contributed by atoms with van der Waals surface area (Å²) in [5.41, 5.74) is 3.49. The van der Waals surface area contributed by atoms with Gasteiger partial charge in [0.25, 0.3) is 0 Å². The summed E-state index contributed by atoms with van der Waals surface area (Å²) in [6.45, 7) is 8.61. The lowest BCUT2D eigenvalue weighted by molar-refractivity contribution is 0.437. The second-order valence-corrected chi connectivity index (χ2v) is 4.38. The van der Waals surface area contributed by atoms with Crippen molar-refractivity contribution in [1.29, 1.82) is 0 Å². The first-order valence-electron chi connectivity index (χ1n) is 6.19. The molecule has 1 aromatic heterocycles. The highest BCUT2D eigenvalue weighted by molar-refractivity contribution is 5.46. The van der Waals surface area contributed by atoms with E-state index in [1.54, 1.807) is 6.20 Å². The van der Waals surface area contributed by atoms with E-state index in [0.717, 1.165) is 24.2 Å². The minimum absolute atomic E-state index is 0.393. The number of hydrogen-bond donors (Lipinski definition) is 3. The lowest BCUT2D eigenvalue weighted by Gasteiger charge is -2.23. The number of rotatable bonds is 6. The van der Waals surface area contributed by atoms with Crippen LogP contribution in [-0.2, 0) is 0 Å². The first-order valence-corrected chi connectivity index (χ1v) is 6.19. The summed E-state index contributed by atoms with van der Waals surface area (Å²) in [7, 11) is 0. The summed E-state index contributed by atoms with van der Waals surface area (Å²) in [6, 6.07) is 0.393. The van der Waals surface area contributed by atoms with Gasteiger partial charge in [0.05, 0.1) is 0 Å². The molecule has 0 amide bonds. The normalized spacial score (nSPS) is 12.6. The predicted molar refractivity (Wildman–Crippen MR) is 71.7 cm³/mol. The van der Waals surface area contributed by atoms with Crippen LogP contribution >= 0.6 is 0 Å². The van der Waals surface area contributed by atoms with Crippen molar-refractivity contribution in [3.05, 3.63) is 11.8 Å². The van der Waals surface area contributed by atoms with Crippen molar-refractivity contribution in [2.45, 2.75) is 46.6 Å². The minimum atomic E-state index is 0.393. The van der Waals surface area contributed by atoms with E-state index in [0.29, 0.717) is 17.9 Å². The molecule has 0 saturated carbocycles. The minimum Gasteiger partial charge on any atom is -0.367 e. The lowest BCUT2D eigenvalue weighted by atomic mass is 9.95. The smallest absolute Gasteiger partial charge is 0.239 e. The second-order valence-electron chi connectivity index (χ2n) is 4.38. The van der Waals surface area contributed by atoms with Crippen LogP contribution in [0.2, 0.25) is 0 Å². The number of hydrogen-bond acceptors (Lipinski definition) is 5. The molecule has 0 radical (unpaired) electrons. The zero-order valence-corrected chi connectivity index (χ0v) is 11.1. The van der Waals surface area contributed by atoms with Crippen molar-refractivity contribution in [3.63, 3.8) is 0 Å². The fourth-order valence-electron chi connectivity index (χ4n) is 1.99. The molecule has 0 aromatic carbocycles. The van der Waals surface area contributed by atoms with Gasteiger partial charge in [0.2, 0.25) is 5.95 Å². The molecule has 1 atom stereocenters. The molecule has 0 saturated heterocycles. The standard InChI is InChI=1S/C12H23N5/c1-5-10(6-2)9(4)15-11-8(3)7-14-12(16-11)17-13/h7,9-10H,5-6,13H2,1-4H3,(H2,14,15,16,17). The van der Waals surface area contributed by atoms with Gasteiger partial charge < -0.3 is 5.32 Å².